The van der Waals surface area contributed by atoms with Crippen LogP contribution in [0, 0.1) is 13.8 Å². The summed E-state index contributed by atoms with van der Waals surface area (Å²) in [5, 5.41) is 13.9. The van der Waals surface area contributed by atoms with Gasteiger partial charge in [0.05, 0.1) is 17.9 Å². The second-order valence-electron chi connectivity index (χ2n) is 4.42. The Bertz CT molecular complexity index is 569. The molecule has 7 heteroatoms. The molecule has 0 radical (unpaired) electrons. The molecule has 0 fully saturated rings. The molecule has 3 N–H and O–H groups in total. The summed E-state index contributed by atoms with van der Waals surface area (Å²) in [6.07, 6.45) is 0. The third-order valence-electron chi connectivity index (χ3n) is 2.65. The van der Waals surface area contributed by atoms with Crippen molar-refractivity contribution in [2.75, 3.05) is 18.5 Å². The van der Waals surface area contributed by atoms with Crippen molar-refractivity contribution >= 4 is 23.7 Å². The zero-order valence-electron chi connectivity index (χ0n) is 12.1. The third-order valence-corrected chi connectivity index (χ3v) is 2.65. The van der Waals surface area contributed by atoms with E-state index in [9.17, 15) is 14.4 Å². The molecule has 0 aliphatic heterocycles. The second kappa shape index (κ2) is 7.28. The van der Waals surface area contributed by atoms with Gasteiger partial charge in [-0.05, 0) is 38.0 Å². The maximum absolute atomic E-state index is 11.7. The minimum Gasteiger partial charge on any atom is -0.478 e. The summed E-state index contributed by atoms with van der Waals surface area (Å²) in [7, 11) is 0. The van der Waals surface area contributed by atoms with Gasteiger partial charge in [-0.25, -0.2) is 9.59 Å². The van der Waals surface area contributed by atoms with Crippen LogP contribution in [0.1, 0.15) is 28.4 Å². The van der Waals surface area contributed by atoms with Crippen LogP contribution >= 0.6 is 0 Å². The van der Waals surface area contributed by atoms with Crippen molar-refractivity contribution in [1.82, 2.24) is 5.32 Å². The lowest BCUT2D eigenvalue weighted by Crippen LogP contribution is -2.34. The van der Waals surface area contributed by atoms with Gasteiger partial charge in [0.2, 0.25) is 0 Å². The van der Waals surface area contributed by atoms with Crippen molar-refractivity contribution in [2.24, 2.45) is 0 Å². The highest BCUT2D eigenvalue weighted by Gasteiger charge is 2.16. The maximum atomic E-state index is 11.7. The molecular weight excluding hydrogens is 276 g/mol. The Hall–Kier alpha value is -2.57. The van der Waals surface area contributed by atoms with Gasteiger partial charge >= 0.3 is 18.0 Å². The van der Waals surface area contributed by atoms with Crippen LogP contribution in [0.2, 0.25) is 0 Å². The number of carboxylic acids is 1. The van der Waals surface area contributed by atoms with Crippen LogP contribution in [0.25, 0.3) is 0 Å². The van der Waals surface area contributed by atoms with Gasteiger partial charge in [0.1, 0.15) is 6.54 Å². The van der Waals surface area contributed by atoms with Crippen LogP contribution in [0.4, 0.5) is 10.5 Å². The minimum absolute atomic E-state index is 0.00113. The summed E-state index contributed by atoms with van der Waals surface area (Å²) >= 11 is 0. The molecule has 21 heavy (non-hydrogen) atoms. The van der Waals surface area contributed by atoms with E-state index >= 15 is 0 Å². The highest BCUT2D eigenvalue weighted by molar-refractivity contribution is 6.01. The molecule has 1 rings (SSSR count). The molecule has 0 heterocycles. The first-order chi connectivity index (χ1) is 9.85. The first-order valence-electron chi connectivity index (χ1n) is 6.40. The fourth-order valence-corrected chi connectivity index (χ4v) is 1.82. The number of rotatable bonds is 5. The predicted octanol–water partition coefficient (Wildman–Crippen LogP) is 1.69. The van der Waals surface area contributed by atoms with E-state index in [-0.39, 0.29) is 24.4 Å². The molecule has 0 aromatic heterocycles. The zero-order chi connectivity index (χ0) is 16.0. The van der Waals surface area contributed by atoms with Crippen LogP contribution in [0.15, 0.2) is 12.1 Å². The smallest absolute Gasteiger partial charge is 0.337 e. The van der Waals surface area contributed by atoms with Crippen molar-refractivity contribution in [2.45, 2.75) is 20.8 Å². The number of anilines is 1. The lowest BCUT2D eigenvalue weighted by molar-refractivity contribution is -0.141. The Balaban J connectivity index is 2.80. The number of benzene rings is 1. The fourth-order valence-electron chi connectivity index (χ4n) is 1.82. The maximum Gasteiger partial charge on any atom is 0.337 e. The number of esters is 1. The number of nitrogens with one attached hydrogen (secondary N) is 2. The standard InChI is InChI=1S/C14H18N2O5/c1-4-21-11(17)7-15-14(20)16-12-9(3)5-8(2)6-10(12)13(18)19/h5-6H,4,7H2,1-3H3,(H,18,19)(H2,15,16,20). The summed E-state index contributed by atoms with van der Waals surface area (Å²) in [5.74, 6) is -1.70. The SMILES string of the molecule is CCOC(=O)CNC(=O)Nc1c(C)cc(C)cc1C(=O)O. The summed E-state index contributed by atoms with van der Waals surface area (Å²) in [5.41, 5.74) is 1.61. The quantitative estimate of drug-likeness (QED) is 0.717. The lowest BCUT2D eigenvalue weighted by Gasteiger charge is -2.13. The Morgan fingerprint density at radius 1 is 1.24 bits per heavy atom. The zero-order valence-corrected chi connectivity index (χ0v) is 12.1. The molecule has 0 unspecified atom stereocenters. The topological polar surface area (TPSA) is 105 Å². The third kappa shape index (κ3) is 4.79. The van der Waals surface area contributed by atoms with Crippen molar-refractivity contribution in [1.29, 1.82) is 0 Å². The van der Waals surface area contributed by atoms with Crippen LogP contribution in [-0.2, 0) is 9.53 Å². The molecule has 1 aromatic carbocycles. The average Bonchev–Trinajstić information content (AvgIpc) is 2.39. The first-order valence-corrected chi connectivity index (χ1v) is 6.40. The fraction of sp³-hybridized carbons (Fsp3) is 0.357. The molecule has 0 spiro atoms. The van der Waals surface area contributed by atoms with Gasteiger partial charge in [-0.1, -0.05) is 6.07 Å². The molecule has 0 aliphatic carbocycles. The van der Waals surface area contributed by atoms with E-state index < -0.39 is 18.0 Å². The van der Waals surface area contributed by atoms with Gasteiger partial charge in [-0.2, -0.15) is 0 Å². The Kier molecular flexibility index (Phi) is 5.71. The van der Waals surface area contributed by atoms with E-state index in [2.05, 4.69) is 15.4 Å². The van der Waals surface area contributed by atoms with E-state index in [0.29, 0.717) is 5.56 Å². The molecular formula is C14H18N2O5. The molecule has 0 atom stereocenters. The number of urea groups is 1. The van der Waals surface area contributed by atoms with E-state index in [1.165, 1.54) is 6.07 Å². The molecule has 1 aromatic rings. The number of aromatic carboxylic acids is 1. The van der Waals surface area contributed by atoms with Crippen LogP contribution in [0.3, 0.4) is 0 Å². The number of ether oxygens (including phenoxy) is 1. The number of aryl methyl sites for hydroxylation is 2. The molecule has 0 aliphatic rings. The van der Waals surface area contributed by atoms with E-state index in [0.717, 1.165) is 5.56 Å². The Labute approximate surface area is 122 Å². The molecule has 2 amide bonds. The van der Waals surface area contributed by atoms with Gasteiger partial charge in [0.25, 0.3) is 0 Å². The number of hydrogen-bond acceptors (Lipinski definition) is 4. The summed E-state index contributed by atoms with van der Waals surface area (Å²) < 4.78 is 4.67. The predicted molar refractivity (Wildman–Crippen MR) is 76.5 cm³/mol. The number of hydrogen-bond donors (Lipinski definition) is 3. The second-order valence-corrected chi connectivity index (χ2v) is 4.42. The van der Waals surface area contributed by atoms with Crippen molar-refractivity contribution in [3.8, 4) is 0 Å². The van der Waals surface area contributed by atoms with E-state index in [1.54, 1.807) is 26.8 Å². The van der Waals surface area contributed by atoms with E-state index in [4.69, 9.17) is 5.11 Å². The monoisotopic (exact) mass is 294 g/mol. The lowest BCUT2D eigenvalue weighted by atomic mass is 10.0. The summed E-state index contributed by atoms with van der Waals surface area (Å²) in [4.78, 5) is 34.1. The minimum atomic E-state index is -1.14. The summed E-state index contributed by atoms with van der Waals surface area (Å²) in [6.45, 7) is 5.06. The highest BCUT2D eigenvalue weighted by Crippen LogP contribution is 2.22. The number of amides is 2. The average molecular weight is 294 g/mol. The summed E-state index contributed by atoms with van der Waals surface area (Å²) in [6, 6.07) is 2.56. The van der Waals surface area contributed by atoms with E-state index in [1.807, 2.05) is 0 Å². The van der Waals surface area contributed by atoms with Crippen molar-refractivity contribution in [3.63, 3.8) is 0 Å². The molecule has 0 saturated carbocycles. The van der Waals surface area contributed by atoms with Crippen molar-refractivity contribution < 1.29 is 24.2 Å². The van der Waals surface area contributed by atoms with Crippen LogP contribution < -0.4 is 10.6 Å². The van der Waals surface area contributed by atoms with Crippen LogP contribution in [-0.4, -0.2) is 36.2 Å². The molecule has 0 saturated heterocycles. The molecule has 7 nitrogen and oxygen atoms in total. The molecule has 0 bridgehead atoms. The van der Waals surface area contributed by atoms with Crippen LogP contribution in [0.5, 0.6) is 0 Å². The highest BCUT2D eigenvalue weighted by atomic mass is 16.5. The number of carboxylic acid groups (broad SMARTS) is 1. The molecule has 114 valence electrons. The first kappa shape index (κ1) is 16.5. The largest absolute Gasteiger partial charge is 0.478 e. The van der Waals surface area contributed by atoms with Gasteiger partial charge in [-0.15, -0.1) is 0 Å². The normalized spacial score (nSPS) is 9.86. The Morgan fingerprint density at radius 3 is 2.48 bits per heavy atom. The van der Waals surface area contributed by atoms with Gasteiger partial charge in [0, 0.05) is 0 Å². The number of carbonyl (C=O) groups is 3. The van der Waals surface area contributed by atoms with Crippen molar-refractivity contribution in [3.05, 3.63) is 28.8 Å². The van der Waals surface area contributed by atoms with Gasteiger partial charge in [0.15, 0.2) is 0 Å². The number of carbonyl (C=O) groups excluding carboxylic acids is 2. The van der Waals surface area contributed by atoms with Gasteiger partial charge in [-0.3, -0.25) is 4.79 Å². The van der Waals surface area contributed by atoms with Gasteiger partial charge < -0.3 is 20.5 Å². The Morgan fingerprint density at radius 2 is 1.90 bits per heavy atom.